The number of ether oxygens (including phenoxy) is 1. The molecule has 0 aliphatic rings. The maximum Gasteiger partial charge on any atom is 0.242 e. The van der Waals surface area contributed by atoms with Gasteiger partial charge in [0.05, 0.1) is 11.8 Å². The molecule has 0 atom stereocenters. The molecular weight excluding hydrogens is 320 g/mol. The van der Waals surface area contributed by atoms with Crippen LogP contribution in [0.25, 0.3) is 0 Å². The van der Waals surface area contributed by atoms with Gasteiger partial charge in [-0.05, 0) is 54.4 Å². The molecule has 2 rings (SSSR count). The van der Waals surface area contributed by atoms with Crippen molar-refractivity contribution in [3.05, 3.63) is 34.6 Å². The summed E-state index contributed by atoms with van der Waals surface area (Å²) in [6.45, 7) is 5.87. The van der Waals surface area contributed by atoms with Crippen molar-refractivity contribution in [2.24, 2.45) is 0 Å². The summed E-state index contributed by atoms with van der Waals surface area (Å²) in [5.41, 5.74) is 8.48. The lowest BCUT2D eigenvalue weighted by Gasteiger charge is -2.14. The summed E-state index contributed by atoms with van der Waals surface area (Å²) >= 11 is 3.51. The van der Waals surface area contributed by atoms with Gasteiger partial charge in [0, 0.05) is 4.47 Å². The molecule has 5 nitrogen and oxygen atoms in total. The van der Waals surface area contributed by atoms with Crippen LogP contribution in [-0.4, -0.2) is 16.1 Å². The molecule has 0 amide bonds. The Balaban J connectivity index is 2.29. The number of nitrogens with one attached hydrogen (secondary N) is 1. The Kier molecular flexibility index (Phi) is 4.44. The van der Waals surface area contributed by atoms with E-state index in [1.54, 1.807) is 0 Å². The highest BCUT2D eigenvalue weighted by molar-refractivity contribution is 9.10. The average molecular weight is 337 g/mol. The molecule has 106 valence electrons. The molecule has 0 saturated carbocycles. The van der Waals surface area contributed by atoms with Crippen LogP contribution < -0.4 is 15.8 Å². The van der Waals surface area contributed by atoms with E-state index in [9.17, 15) is 0 Å². The number of aromatic nitrogens is 2. The van der Waals surface area contributed by atoms with Crippen LogP contribution in [0.15, 0.2) is 29.0 Å². The number of anilines is 3. The standard InChI is InChI=1S/C14H17BrN4O/c1-8(2)20-14-12(16)13(17-7-18-14)19-11-5-4-9(3)6-10(11)15/h4-8H,16H2,1-3H3,(H,17,18,19). The van der Waals surface area contributed by atoms with Gasteiger partial charge < -0.3 is 15.8 Å². The molecule has 1 aromatic heterocycles. The Morgan fingerprint density at radius 1 is 1.30 bits per heavy atom. The highest BCUT2D eigenvalue weighted by Crippen LogP contribution is 2.31. The van der Waals surface area contributed by atoms with Crippen LogP contribution in [0.2, 0.25) is 0 Å². The second-order valence-electron chi connectivity index (χ2n) is 4.72. The molecule has 0 spiro atoms. The van der Waals surface area contributed by atoms with Gasteiger partial charge in [-0.25, -0.2) is 4.98 Å². The van der Waals surface area contributed by atoms with Crippen LogP contribution in [0.3, 0.4) is 0 Å². The van der Waals surface area contributed by atoms with Gasteiger partial charge >= 0.3 is 0 Å². The summed E-state index contributed by atoms with van der Waals surface area (Å²) in [7, 11) is 0. The van der Waals surface area contributed by atoms with E-state index >= 15 is 0 Å². The van der Waals surface area contributed by atoms with Gasteiger partial charge in [0.2, 0.25) is 5.88 Å². The molecule has 0 radical (unpaired) electrons. The number of nitrogen functional groups attached to an aromatic ring is 1. The van der Waals surface area contributed by atoms with Crippen molar-refractivity contribution in [1.29, 1.82) is 0 Å². The van der Waals surface area contributed by atoms with Gasteiger partial charge in [0.1, 0.15) is 12.0 Å². The van der Waals surface area contributed by atoms with Gasteiger partial charge in [0.25, 0.3) is 0 Å². The van der Waals surface area contributed by atoms with Crippen molar-refractivity contribution in [1.82, 2.24) is 9.97 Å². The topological polar surface area (TPSA) is 73.1 Å². The molecule has 0 bridgehead atoms. The number of hydrogen-bond donors (Lipinski definition) is 2. The third kappa shape index (κ3) is 3.39. The molecule has 2 aromatic rings. The first-order valence-corrected chi connectivity index (χ1v) is 7.07. The number of rotatable bonds is 4. The van der Waals surface area contributed by atoms with Crippen molar-refractivity contribution < 1.29 is 4.74 Å². The van der Waals surface area contributed by atoms with Gasteiger partial charge in [-0.3, -0.25) is 0 Å². The van der Waals surface area contributed by atoms with Crippen LogP contribution in [0, 0.1) is 6.92 Å². The van der Waals surface area contributed by atoms with Crippen molar-refractivity contribution >= 4 is 33.1 Å². The molecule has 0 aliphatic heterocycles. The Bertz CT molecular complexity index is 616. The smallest absolute Gasteiger partial charge is 0.242 e. The molecule has 3 N–H and O–H groups in total. The van der Waals surface area contributed by atoms with Crippen LogP contribution in [0.4, 0.5) is 17.2 Å². The predicted molar refractivity (Wildman–Crippen MR) is 84.4 cm³/mol. The van der Waals surface area contributed by atoms with Crippen molar-refractivity contribution in [2.45, 2.75) is 26.9 Å². The van der Waals surface area contributed by atoms with Crippen molar-refractivity contribution in [3.8, 4) is 5.88 Å². The minimum absolute atomic E-state index is 0.00570. The lowest BCUT2D eigenvalue weighted by molar-refractivity contribution is 0.234. The van der Waals surface area contributed by atoms with E-state index in [0.29, 0.717) is 17.4 Å². The second kappa shape index (κ2) is 6.09. The second-order valence-corrected chi connectivity index (χ2v) is 5.57. The molecule has 20 heavy (non-hydrogen) atoms. The molecule has 6 heteroatoms. The number of hydrogen-bond acceptors (Lipinski definition) is 5. The van der Waals surface area contributed by atoms with Crippen LogP contribution >= 0.6 is 15.9 Å². The van der Waals surface area contributed by atoms with Crippen LogP contribution in [0.1, 0.15) is 19.4 Å². The largest absolute Gasteiger partial charge is 0.473 e. The van der Waals surface area contributed by atoms with Crippen molar-refractivity contribution in [2.75, 3.05) is 11.1 Å². The quantitative estimate of drug-likeness (QED) is 0.891. The molecule has 1 aromatic carbocycles. The minimum atomic E-state index is 0.00570. The summed E-state index contributed by atoms with van der Waals surface area (Å²) in [5.74, 6) is 0.918. The van der Waals surface area contributed by atoms with E-state index in [1.165, 1.54) is 11.9 Å². The normalized spacial score (nSPS) is 10.7. The molecule has 0 fully saturated rings. The first-order chi connectivity index (χ1) is 9.47. The van der Waals surface area contributed by atoms with E-state index < -0.39 is 0 Å². The summed E-state index contributed by atoms with van der Waals surface area (Å²) in [6.07, 6.45) is 1.43. The predicted octanol–water partition coefficient (Wildman–Crippen LogP) is 3.66. The van der Waals surface area contributed by atoms with Gasteiger partial charge in [-0.2, -0.15) is 4.98 Å². The van der Waals surface area contributed by atoms with Crippen molar-refractivity contribution in [3.63, 3.8) is 0 Å². The third-order valence-corrected chi connectivity index (χ3v) is 3.23. The number of aryl methyl sites for hydroxylation is 1. The third-order valence-electron chi connectivity index (χ3n) is 2.57. The minimum Gasteiger partial charge on any atom is -0.473 e. The summed E-state index contributed by atoms with van der Waals surface area (Å²) in [4.78, 5) is 8.20. The summed E-state index contributed by atoms with van der Waals surface area (Å²) in [5, 5.41) is 3.18. The fourth-order valence-electron chi connectivity index (χ4n) is 1.65. The molecule has 0 saturated heterocycles. The monoisotopic (exact) mass is 336 g/mol. The zero-order valence-electron chi connectivity index (χ0n) is 11.6. The Morgan fingerprint density at radius 2 is 2.05 bits per heavy atom. The highest BCUT2D eigenvalue weighted by atomic mass is 79.9. The fourth-order valence-corrected chi connectivity index (χ4v) is 2.24. The van der Waals surface area contributed by atoms with E-state index in [4.69, 9.17) is 10.5 Å². The fraction of sp³-hybridized carbons (Fsp3) is 0.286. The van der Waals surface area contributed by atoms with E-state index in [2.05, 4.69) is 31.2 Å². The molecule has 0 unspecified atom stereocenters. The lowest BCUT2D eigenvalue weighted by atomic mass is 10.2. The first-order valence-electron chi connectivity index (χ1n) is 6.27. The number of nitrogens with two attached hydrogens (primary N) is 1. The Labute approximate surface area is 126 Å². The zero-order chi connectivity index (χ0) is 14.7. The maximum absolute atomic E-state index is 6.03. The van der Waals surface area contributed by atoms with E-state index in [1.807, 2.05) is 39.0 Å². The number of benzene rings is 1. The SMILES string of the molecule is Cc1ccc(Nc2ncnc(OC(C)C)c2N)c(Br)c1. The Hall–Kier alpha value is -1.82. The lowest BCUT2D eigenvalue weighted by Crippen LogP contribution is -2.11. The number of halogens is 1. The zero-order valence-corrected chi connectivity index (χ0v) is 13.2. The highest BCUT2D eigenvalue weighted by Gasteiger charge is 2.11. The molecule has 1 heterocycles. The van der Waals surface area contributed by atoms with Gasteiger partial charge in [-0.1, -0.05) is 6.07 Å². The van der Waals surface area contributed by atoms with Gasteiger partial charge in [-0.15, -0.1) is 0 Å². The molecule has 0 aliphatic carbocycles. The van der Waals surface area contributed by atoms with Crippen LogP contribution in [0.5, 0.6) is 5.88 Å². The summed E-state index contributed by atoms with van der Waals surface area (Å²) < 4.78 is 6.49. The first kappa shape index (κ1) is 14.6. The summed E-state index contributed by atoms with van der Waals surface area (Å²) in [6, 6.07) is 5.99. The van der Waals surface area contributed by atoms with E-state index in [0.717, 1.165) is 10.2 Å². The average Bonchev–Trinajstić information content (AvgIpc) is 2.36. The maximum atomic E-state index is 6.03. The van der Waals surface area contributed by atoms with Gasteiger partial charge in [0.15, 0.2) is 5.82 Å². The number of nitrogens with zero attached hydrogens (tertiary/aromatic N) is 2. The van der Waals surface area contributed by atoms with Crippen LogP contribution in [-0.2, 0) is 0 Å². The Morgan fingerprint density at radius 3 is 2.70 bits per heavy atom. The van der Waals surface area contributed by atoms with E-state index in [-0.39, 0.29) is 6.10 Å². The molecular formula is C14H17BrN4O.